The van der Waals surface area contributed by atoms with Crippen LogP contribution in [-0.4, -0.2) is 33.6 Å². The first-order valence-corrected chi connectivity index (χ1v) is 34.8. The van der Waals surface area contributed by atoms with Crippen LogP contribution in [0.25, 0.3) is 139 Å². The minimum atomic E-state index is 0.983. The van der Waals surface area contributed by atoms with E-state index in [1.165, 1.54) is 117 Å². The lowest BCUT2D eigenvalue weighted by Crippen LogP contribution is -2.04. The highest BCUT2D eigenvalue weighted by Gasteiger charge is 2.30. The first-order chi connectivity index (χ1) is 47.1. The number of para-hydroxylation sites is 3. The van der Waals surface area contributed by atoms with Crippen LogP contribution in [0.4, 0.5) is 0 Å². The lowest BCUT2D eigenvalue weighted by Gasteiger charge is -2.23. The maximum absolute atomic E-state index is 5.08. The van der Waals surface area contributed by atoms with E-state index in [-0.39, 0.29) is 0 Å². The number of nitrogens with zero attached hydrogens (tertiary/aromatic N) is 7. The lowest BCUT2D eigenvalue weighted by molar-refractivity contribution is 1.04. The minimum Gasteiger partial charge on any atom is -0.290 e. The van der Waals surface area contributed by atoms with E-state index in [1.54, 1.807) is 0 Å². The monoisotopic (exact) mass is 1290 g/mol. The summed E-state index contributed by atoms with van der Waals surface area (Å²) >= 11 is 7.35. The summed E-state index contributed by atoms with van der Waals surface area (Å²) in [5, 5.41) is 0. The molecule has 3 aliphatic heterocycles. The molecule has 3 aliphatic rings. The van der Waals surface area contributed by atoms with Gasteiger partial charge in [0.15, 0.2) is 0 Å². The quantitative estimate of drug-likeness (QED) is 0.150. The molecule has 5 aromatic heterocycles. The van der Waals surface area contributed by atoms with E-state index < -0.39 is 0 Å². The Hall–Kier alpha value is -11.1. The van der Waals surface area contributed by atoms with Crippen molar-refractivity contribution < 1.29 is 0 Å². The number of rotatable bonds is 8. The number of thiophene rings is 1. The molecule has 0 fully saturated rings. The summed E-state index contributed by atoms with van der Waals surface area (Å²) < 4.78 is 7.00. The van der Waals surface area contributed by atoms with Gasteiger partial charge in [0.25, 0.3) is 0 Å². The van der Waals surface area contributed by atoms with Crippen LogP contribution in [0.2, 0.25) is 0 Å². The summed E-state index contributed by atoms with van der Waals surface area (Å²) in [6, 6.07) is 109. The zero-order valence-electron chi connectivity index (χ0n) is 50.9. The highest BCUT2D eigenvalue weighted by molar-refractivity contribution is 8.00. The molecule has 20 rings (SSSR count). The Labute approximate surface area is 565 Å². The minimum absolute atomic E-state index is 0.983. The van der Waals surface area contributed by atoms with E-state index >= 15 is 0 Å². The smallest absolute Gasteiger partial charge is 0.145 e. The van der Waals surface area contributed by atoms with Crippen LogP contribution < -0.4 is 0 Å². The third-order valence-corrected chi connectivity index (χ3v) is 22.3. The van der Waals surface area contributed by atoms with Gasteiger partial charge in [0.1, 0.15) is 17.5 Å². The molecule has 0 spiro atoms. The number of aromatic nitrogens is 7. The van der Waals surface area contributed by atoms with Crippen LogP contribution >= 0.6 is 46.6 Å². The number of imidazole rings is 3. The molecule has 0 atom stereocenters. The molecule has 0 aliphatic carbocycles. The summed E-state index contributed by atoms with van der Waals surface area (Å²) in [4.78, 5) is 29.4. The van der Waals surface area contributed by atoms with Gasteiger partial charge in [0, 0.05) is 68.2 Å². The van der Waals surface area contributed by atoms with Crippen molar-refractivity contribution in [2.24, 2.45) is 0 Å². The Morgan fingerprint density at radius 2 is 0.526 bits per heavy atom. The Balaban J connectivity index is 0.000000106. The molecule has 0 unspecified atom stereocenters. The summed E-state index contributed by atoms with van der Waals surface area (Å²) in [5.41, 5.74) is 23.5. The van der Waals surface area contributed by atoms with Gasteiger partial charge in [-0.3, -0.25) is 18.7 Å². The molecular weight excluding hydrogens is 1240 g/mol. The third-order valence-electron chi connectivity index (χ3n) is 17.6. The molecule has 0 saturated carbocycles. The second-order valence-corrected chi connectivity index (χ2v) is 27.5. The molecule has 7 nitrogen and oxygen atoms in total. The molecule has 0 N–H and O–H groups in total. The Bertz CT molecular complexity index is 5520. The molecule has 0 saturated heterocycles. The first-order valence-electron chi connectivity index (χ1n) is 31.5. The van der Waals surface area contributed by atoms with E-state index in [1.807, 2.05) is 71.1 Å². The fourth-order valence-corrected chi connectivity index (χ4v) is 17.9. The Morgan fingerprint density at radius 3 is 0.895 bits per heavy atom. The molecule has 95 heavy (non-hydrogen) atoms. The van der Waals surface area contributed by atoms with Crippen molar-refractivity contribution in [3.63, 3.8) is 0 Å². The van der Waals surface area contributed by atoms with Gasteiger partial charge in [-0.2, -0.15) is 0 Å². The molecule has 12 aromatic carbocycles. The van der Waals surface area contributed by atoms with Gasteiger partial charge in [0.2, 0.25) is 0 Å². The molecule has 17 aromatic rings. The second-order valence-electron chi connectivity index (χ2n) is 23.3. The molecule has 0 amide bonds. The van der Waals surface area contributed by atoms with Gasteiger partial charge in [0.05, 0.1) is 50.2 Å². The fourth-order valence-electron chi connectivity index (χ4n) is 13.2. The van der Waals surface area contributed by atoms with Gasteiger partial charge in [-0.05, 0) is 123 Å². The highest BCUT2D eigenvalue weighted by atomic mass is 32.2. The summed E-state index contributed by atoms with van der Waals surface area (Å²) in [7, 11) is 0. The van der Waals surface area contributed by atoms with Crippen molar-refractivity contribution in [3.8, 4) is 105 Å². The predicted octanol–water partition coefficient (Wildman–Crippen LogP) is 23.3. The van der Waals surface area contributed by atoms with E-state index in [4.69, 9.17) is 15.0 Å². The van der Waals surface area contributed by atoms with Crippen LogP contribution in [0.1, 0.15) is 0 Å². The second kappa shape index (κ2) is 24.1. The molecule has 448 valence electrons. The first kappa shape index (κ1) is 56.7. The maximum atomic E-state index is 5.08. The number of benzene rings is 12. The van der Waals surface area contributed by atoms with E-state index in [0.717, 1.165) is 50.7 Å². The Morgan fingerprint density at radius 1 is 0.232 bits per heavy atom. The molecule has 0 bridgehead atoms. The summed E-state index contributed by atoms with van der Waals surface area (Å²) in [6.45, 7) is 0. The average Bonchev–Trinajstić information content (AvgIpc) is 1.67. The van der Waals surface area contributed by atoms with Crippen LogP contribution in [0.15, 0.2) is 351 Å². The zero-order chi connectivity index (χ0) is 62.8. The van der Waals surface area contributed by atoms with E-state index in [9.17, 15) is 0 Å². The van der Waals surface area contributed by atoms with Gasteiger partial charge < -0.3 is 0 Å². The van der Waals surface area contributed by atoms with Crippen LogP contribution in [0.5, 0.6) is 0 Å². The van der Waals surface area contributed by atoms with Gasteiger partial charge >= 0.3 is 0 Å². The van der Waals surface area contributed by atoms with E-state index in [2.05, 4.69) is 316 Å². The van der Waals surface area contributed by atoms with E-state index in [0.29, 0.717) is 0 Å². The van der Waals surface area contributed by atoms with Crippen LogP contribution in [-0.2, 0) is 0 Å². The van der Waals surface area contributed by atoms with Crippen molar-refractivity contribution in [1.82, 2.24) is 33.6 Å². The number of fused-ring (bicyclic) bond motifs is 6. The van der Waals surface area contributed by atoms with Gasteiger partial charge in [-0.25, -0.2) is 15.0 Å². The molecule has 8 heterocycles. The van der Waals surface area contributed by atoms with Crippen molar-refractivity contribution in [2.75, 3.05) is 0 Å². The number of hydrogen-bond acceptors (Lipinski definition) is 8. The summed E-state index contributed by atoms with van der Waals surface area (Å²) in [6.07, 6.45) is 3.70. The maximum Gasteiger partial charge on any atom is 0.145 e. The fraction of sp³-hybridized carbons (Fsp3) is 0. The number of pyridine rings is 1. The molecular formula is C84H53N7S4. The Kier molecular flexibility index (Phi) is 14.4. The summed E-state index contributed by atoms with van der Waals surface area (Å²) in [5.74, 6) is 2.96. The lowest BCUT2D eigenvalue weighted by atomic mass is 10.0. The van der Waals surface area contributed by atoms with Crippen molar-refractivity contribution >= 4 is 79.7 Å². The average molecular weight is 1290 g/mol. The zero-order valence-corrected chi connectivity index (χ0v) is 54.1. The van der Waals surface area contributed by atoms with Crippen molar-refractivity contribution in [3.05, 3.63) is 322 Å². The van der Waals surface area contributed by atoms with Crippen molar-refractivity contribution in [2.45, 2.75) is 29.4 Å². The third kappa shape index (κ3) is 10.1. The normalized spacial score (nSPS) is 12.1. The van der Waals surface area contributed by atoms with Crippen LogP contribution in [0, 0.1) is 0 Å². The van der Waals surface area contributed by atoms with Gasteiger partial charge in [-0.1, -0.05) is 266 Å². The topological polar surface area (TPSA) is 66.3 Å². The van der Waals surface area contributed by atoms with Crippen LogP contribution in [0.3, 0.4) is 0 Å². The highest BCUT2D eigenvalue weighted by Crippen LogP contribution is 2.52. The number of hydrogen-bond donors (Lipinski definition) is 0. The SMILES string of the molecule is c1ccc(-c2ccc(-c3ccc(-c4cccc5c4Sc4cccc6nc(-c7ccccc7)n-5c46)cc3)s2)cc1.c1ccc(-c2cccc3c2Sc2cccc4nc(-c5ccccc5)n-3c24)cc1.c1ccc(-c2nc3cccc4c3n2-c2cccc(-c3ccncc3)c2S4)cc1. The molecule has 11 heteroatoms. The molecule has 0 radical (unpaired) electrons. The predicted molar refractivity (Wildman–Crippen MR) is 395 cm³/mol. The van der Waals surface area contributed by atoms with Gasteiger partial charge in [-0.15, -0.1) is 11.3 Å². The standard InChI is InChI=1S/C35H22N2S2.C25H16N2S.C24H15N3S/c1-3-9-24(10-4-1)30-21-22-31(38-30)25-19-17-23(18-20-25)27-13-7-15-29-34(27)39-32-16-8-14-28-33(32)37(29)35(36-28)26-11-5-2-6-12-26;1-3-9-17(10-4-1)19-13-7-15-21-24(19)28-22-16-8-14-20-23(22)27(21)25(26-20)18-11-5-2-6-12-18;1-2-6-17(7-3-1)24-26-19-9-5-11-21-22(19)27(24)20-10-4-8-18(23(20)28-21)16-12-14-25-15-13-16/h1-22H;1-16H;1-15H. The largest absolute Gasteiger partial charge is 0.290 e. The van der Waals surface area contributed by atoms with Crippen molar-refractivity contribution in [1.29, 1.82) is 0 Å².